The minimum absolute atomic E-state index is 0.223. The summed E-state index contributed by atoms with van der Waals surface area (Å²) in [5.41, 5.74) is 0.928. The van der Waals surface area contributed by atoms with Crippen LogP contribution in [0.3, 0.4) is 0 Å². The lowest BCUT2D eigenvalue weighted by Crippen LogP contribution is -2.18. The molecule has 2 amide bonds. The number of benzene rings is 1. The van der Waals surface area contributed by atoms with Gasteiger partial charge in [0.25, 0.3) is 11.8 Å². The van der Waals surface area contributed by atoms with Crippen LogP contribution in [-0.2, 0) is 0 Å². The number of hydrogen-bond donors (Lipinski definition) is 2. The minimum Gasteiger partial charge on any atom is -0.355 e. The van der Waals surface area contributed by atoms with E-state index in [0.29, 0.717) is 16.3 Å². The summed E-state index contributed by atoms with van der Waals surface area (Å²) in [5, 5.41) is 5.70. The number of rotatable bonds is 3. The summed E-state index contributed by atoms with van der Waals surface area (Å²) >= 11 is 12.0. The largest absolute Gasteiger partial charge is 0.355 e. The summed E-state index contributed by atoms with van der Waals surface area (Å²) in [4.78, 5) is 27.6. The van der Waals surface area contributed by atoms with Crippen LogP contribution in [0.15, 0.2) is 36.7 Å². The number of amides is 2. The van der Waals surface area contributed by atoms with E-state index in [1.54, 1.807) is 6.07 Å². The number of anilines is 1. The van der Waals surface area contributed by atoms with Crippen molar-refractivity contribution in [3.63, 3.8) is 0 Å². The number of halogens is 2. The van der Waals surface area contributed by atoms with Gasteiger partial charge in [0.2, 0.25) is 0 Å². The van der Waals surface area contributed by atoms with Crippen molar-refractivity contribution >= 4 is 40.7 Å². The number of carbonyl (C=O) groups is 2. The Morgan fingerprint density at radius 3 is 2.52 bits per heavy atom. The first-order chi connectivity index (χ1) is 10.0. The second-order valence-corrected chi connectivity index (χ2v) is 4.90. The van der Waals surface area contributed by atoms with Gasteiger partial charge >= 0.3 is 0 Å². The average Bonchev–Trinajstić information content (AvgIpc) is 2.49. The van der Waals surface area contributed by atoms with E-state index in [4.69, 9.17) is 23.2 Å². The lowest BCUT2D eigenvalue weighted by atomic mass is 10.1. The molecule has 1 heterocycles. The molecule has 1 aromatic carbocycles. The summed E-state index contributed by atoms with van der Waals surface area (Å²) in [6, 6.07) is 6.10. The predicted molar refractivity (Wildman–Crippen MR) is 82.0 cm³/mol. The smallest absolute Gasteiger partial charge is 0.258 e. The van der Waals surface area contributed by atoms with Crippen molar-refractivity contribution in [2.24, 2.45) is 0 Å². The zero-order chi connectivity index (χ0) is 15.4. The van der Waals surface area contributed by atoms with E-state index >= 15 is 0 Å². The predicted octanol–water partition coefficient (Wildman–Crippen LogP) is 3.00. The van der Waals surface area contributed by atoms with Crippen LogP contribution in [0.5, 0.6) is 0 Å². The van der Waals surface area contributed by atoms with Gasteiger partial charge in [-0.05, 0) is 24.3 Å². The van der Waals surface area contributed by atoms with Gasteiger partial charge in [0.05, 0.1) is 21.3 Å². The maximum Gasteiger partial charge on any atom is 0.258 e. The molecule has 0 saturated heterocycles. The molecule has 108 valence electrons. The molecule has 0 radical (unpaired) electrons. The van der Waals surface area contributed by atoms with Crippen LogP contribution in [0.4, 0.5) is 5.69 Å². The summed E-state index contributed by atoms with van der Waals surface area (Å²) in [6.45, 7) is 0. The molecule has 0 spiro atoms. The van der Waals surface area contributed by atoms with Crippen LogP contribution in [0, 0.1) is 0 Å². The molecule has 5 nitrogen and oxygen atoms in total. The van der Waals surface area contributed by atoms with E-state index in [0.717, 1.165) is 0 Å². The Morgan fingerprint density at radius 1 is 1.10 bits per heavy atom. The zero-order valence-corrected chi connectivity index (χ0v) is 12.5. The third kappa shape index (κ3) is 3.51. The lowest BCUT2D eigenvalue weighted by Gasteiger charge is -2.09. The summed E-state index contributed by atoms with van der Waals surface area (Å²) in [5.74, 6) is -0.731. The number of aromatic nitrogens is 1. The van der Waals surface area contributed by atoms with Crippen molar-refractivity contribution in [3.05, 3.63) is 57.8 Å². The third-order valence-corrected chi connectivity index (χ3v) is 3.38. The second-order valence-electron chi connectivity index (χ2n) is 4.08. The van der Waals surface area contributed by atoms with Crippen molar-refractivity contribution in [2.45, 2.75) is 0 Å². The molecule has 1 aromatic heterocycles. The molecule has 0 bridgehead atoms. The van der Waals surface area contributed by atoms with Crippen LogP contribution in [-0.4, -0.2) is 23.8 Å². The van der Waals surface area contributed by atoms with Gasteiger partial charge in [0.1, 0.15) is 0 Å². The van der Waals surface area contributed by atoms with Crippen LogP contribution in [0.25, 0.3) is 0 Å². The van der Waals surface area contributed by atoms with Crippen LogP contribution >= 0.6 is 23.2 Å². The van der Waals surface area contributed by atoms with Gasteiger partial charge in [-0.15, -0.1) is 0 Å². The van der Waals surface area contributed by atoms with Gasteiger partial charge in [0.15, 0.2) is 0 Å². The van der Waals surface area contributed by atoms with Crippen LogP contribution < -0.4 is 10.6 Å². The fourth-order valence-corrected chi connectivity index (χ4v) is 2.00. The number of hydrogen-bond acceptors (Lipinski definition) is 3. The summed E-state index contributed by atoms with van der Waals surface area (Å²) < 4.78 is 0. The highest BCUT2D eigenvalue weighted by atomic mass is 35.5. The molecule has 0 saturated carbocycles. The number of nitrogens with one attached hydrogen (secondary N) is 2. The van der Waals surface area contributed by atoms with Gasteiger partial charge < -0.3 is 10.6 Å². The third-order valence-electron chi connectivity index (χ3n) is 2.72. The quantitative estimate of drug-likeness (QED) is 0.912. The molecular formula is C14H11Cl2N3O2. The Balaban J connectivity index is 2.29. The number of pyridine rings is 1. The maximum absolute atomic E-state index is 12.1. The van der Waals surface area contributed by atoms with Gasteiger partial charge in [-0.3, -0.25) is 14.6 Å². The van der Waals surface area contributed by atoms with Crippen molar-refractivity contribution < 1.29 is 9.59 Å². The van der Waals surface area contributed by atoms with Gasteiger partial charge in [-0.2, -0.15) is 0 Å². The highest BCUT2D eigenvalue weighted by molar-refractivity contribution is 6.36. The highest BCUT2D eigenvalue weighted by Gasteiger charge is 2.14. The molecule has 2 aromatic rings. The second kappa shape index (κ2) is 6.56. The van der Waals surface area contributed by atoms with Crippen molar-refractivity contribution in [3.8, 4) is 0 Å². The molecule has 0 aliphatic rings. The molecule has 0 unspecified atom stereocenters. The Morgan fingerprint density at radius 2 is 1.86 bits per heavy atom. The van der Waals surface area contributed by atoms with Gasteiger partial charge in [-0.1, -0.05) is 23.2 Å². The molecule has 0 aliphatic carbocycles. The molecule has 0 fully saturated rings. The molecule has 0 aliphatic heterocycles. The normalized spacial score (nSPS) is 10.0. The summed E-state index contributed by atoms with van der Waals surface area (Å²) in [7, 11) is 1.52. The zero-order valence-electron chi connectivity index (χ0n) is 11.0. The van der Waals surface area contributed by atoms with Crippen molar-refractivity contribution in [2.75, 3.05) is 12.4 Å². The maximum atomic E-state index is 12.1. The molecule has 0 atom stereocenters. The van der Waals surface area contributed by atoms with E-state index in [1.165, 1.54) is 37.6 Å². The molecular weight excluding hydrogens is 313 g/mol. The fraction of sp³-hybridized carbons (Fsp3) is 0.0714. The van der Waals surface area contributed by atoms with E-state index < -0.39 is 5.91 Å². The fourth-order valence-electron chi connectivity index (χ4n) is 1.64. The monoisotopic (exact) mass is 323 g/mol. The Bertz CT molecular complexity index is 704. The SMILES string of the molecule is CNC(=O)c1ccc(Cl)c(NC(=O)c2cnccc2Cl)c1. The number of nitrogens with zero attached hydrogens (tertiary/aromatic N) is 1. The average molecular weight is 324 g/mol. The Kier molecular flexibility index (Phi) is 4.77. The van der Waals surface area contributed by atoms with Gasteiger partial charge in [-0.25, -0.2) is 0 Å². The summed E-state index contributed by atoms with van der Waals surface area (Å²) in [6.07, 6.45) is 2.84. The van der Waals surface area contributed by atoms with Crippen molar-refractivity contribution in [1.82, 2.24) is 10.3 Å². The molecule has 2 N–H and O–H groups in total. The van der Waals surface area contributed by atoms with E-state index in [9.17, 15) is 9.59 Å². The highest BCUT2D eigenvalue weighted by Crippen LogP contribution is 2.24. The number of carbonyl (C=O) groups excluding carboxylic acids is 2. The van der Waals surface area contributed by atoms with Crippen LogP contribution in [0.1, 0.15) is 20.7 Å². The standard InChI is InChI=1S/C14H11Cl2N3O2/c1-17-13(20)8-2-3-11(16)12(6-8)19-14(21)9-7-18-5-4-10(9)15/h2-7H,1H3,(H,17,20)(H,19,21). The van der Waals surface area contributed by atoms with E-state index in [-0.39, 0.29) is 16.5 Å². The molecule has 2 rings (SSSR count). The van der Waals surface area contributed by atoms with Crippen molar-refractivity contribution in [1.29, 1.82) is 0 Å². The van der Waals surface area contributed by atoms with Gasteiger partial charge in [0, 0.05) is 25.0 Å². The molecule has 21 heavy (non-hydrogen) atoms. The first kappa shape index (κ1) is 15.3. The Hall–Kier alpha value is -2.11. The lowest BCUT2D eigenvalue weighted by molar-refractivity contribution is 0.0961. The minimum atomic E-state index is -0.455. The first-order valence-corrected chi connectivity index (χ1v) is 6.71. The Labute approximate surface area is 131 Å². The van der Waals surface area contributed by atoms with E-state index in [2.05, 4.69) is 15.6 Å². The molecule has 7 heteroatoms. The van der Waals surface area contributed by atoms with E-state index in [1.807, 2.05) is 0 Å². The first-order valence-electron chi connectivity index (χ1n) is 5.95. The topological polar surface area (TPSA) is 71.1 Å². The van der Waals surface area contributed by atoms with Crippen LogP contribution in [0.2, 0.25) is 10.0 Å².